The number of amides is 2. The molecule has 1 saturated heterocycles. The number of hydrogen-bond acceptors (Lipinski definition) is 10. The van der Waals surface area contributed by atoms with E-state index in [0.717, 1.165) is 47.1 Å². The van der Waals surface area contributed by atoms with E-state index < -0.39 is 0 Å². The Kier molecular flexibility index (Phi) is 11.8. The Hall–Kier alpha value is -4.23. The van der Waals surface area contributed by atoms with Crippen molar-refractivity contribution in [2.45, 2.75) is 6.42 Å². The van der Waals surface area contributed by atoms with Crippen LogP contribution in [0.2, 0.25) is 0 Å². The predicted molar refractivity (Wildman–Crippen MR) is 168 cm³/mol. The molecule has 2 aromatic carbocycles. The number of carbonyl (C=O) groups is 2. The molecule has 1 fully saturated rings. The van der Waals surface area contributed by atoms with Gasteiger partial charge in [-0.15, -0.1) is 0 Å². The molecule has 3 heterocycles. The monoisotopic (exact) mass is 605 g/mol. The number of nitrogens with zero attached hydrogens (tertiary/aromatic N) is 2. The summed E-state index contributed by atoms with van der Waals surface area (Å²) in [5.41, 5.74) is 4.56. The number of nitrogens with one attached hydrogen (secondary N) is 3. The van der Waals surface area contributed by atoms with Crippen molar-refractivity contribution in [2.75, 3.05) is 99.9 Å². The average Bonchev–Trinajstić information content (AvgIpc) is 3.43. The van der Waals surface area contributed by atoms with Gasteiger partial charge in [-0.05, 0) is 59.7 Å². The van der Waals surface area contributed by atoms with E-state index in [4.69, 9.17) is 28.7 Å². The fraction of sp³-hybridized carbons (Fsp3) is 0.406. The molecule has 44 heavy (non-hydrogen) atoms. The Balaban J connectivity index is 0.991. The van der Waals surface area contributed by atoms with Gasteiger partial charge in [-0.25, -0.2) is 4.98 Å². The second-order valence-corrected chi connectivity index (χ2v) is 10.2. The first-order valence-corrected chi connectivity index (χ1v) is 14.9. The zero-order valence-electron chi connectivity index (χ0n) is 24.7. The van der Waals surface area contributed by atoms with Gasteiger partial charge >= 0.3 is 0 Å². The molecule has 0 bridgehead atoms. The molecule has 1 aromatic heterocycles. The fourth-order valence-electron chi connectivity index (χ4n) is 4.90. The standard InChI is InChI=1S/C32H39N5O7/c38-23-34-26-2-4-27(5-3-26)44-20-19-43-18-17-42-16-15-40-12-9-33-32-28(6-8-30(36-32)37-10-13-41-14-11-37)24-1-7-29-25(21-24)22-31(39)35-29/h1-8,21,23H,9-20,22H2,(H,33,36)(H,34,38)(H,35,39). The van der Waals surface area contributed by atoms with Crippen LogP contribution in [0.1, 0.15) is 5.56 Å². The number of benzene rings is 2. The summed E-state index contributed by atoms with van der Waals surface area (Å²) < 4.78 is 28.0. The van der Waals surface area contributed by atoms with Crippen molar-refractivity contribution in [3.8, 4) is 16.9 Å². The molecule has 0 spiro atoms. The molecule has 0 saturated carbocycles. The Morgan fingerprint density at radius 1 is 0.886 bits per heavy atom. The van der Waals surface area contributed by atoms with Crippen molar-refractivity contribution in [1.82, 2.24) is 4.98 Å². The Morgan fingerprint density at radius 2 is 1.61 bits per heavy atom. The smallest absolute Gasteiger partial charge is 0.228 e. The number of aromatic nitrogens is 1. The minimum absolute atomic E-state index is 0.0177. The van der Waals surface area contributed by atoms with Crippen LogP contribution in [-0.4, -0.2) is 96.4 Å². The normalized spacial score (nSPS) is 14.2. The first-order chi connectivity index (χ1) is 21.7. The van der Waals surface area contributed by atoms with Crippen LogP contribution in [0.15, 0.2) is 54.6 Å². The maximum atomic E-state index is 11.8. The molecule has 12 heteroatoms. The van der Waals surface area contributed by atoms with Gasteiger partial charge in [0.15, 0.2) is 0 Å². The lowest BCUT2D eigenvalue weighted by Crippen LogP contribution is -2.36. The second-order valence-electron chi connectivity index (χ2n) is 10.2. The molecule has 2 amide bonds. The van der Waals surface area contributed by atoms with Crippen LogP contribution < -0.4 is 25.6 Å². The molecular weight excluding hydrogens is 566 g/mol. The Labute approximate surface area is 257 Å². The lowest BCUT2D eigenvalue weighted by molar-refractivity contribution is -0.115. The number of pyridine rings is 1. The van der Waals surface area contributed by atoms with Gasteiger partial charge in [0.1, 0.15) is 24.0 Å². The van der Waals surface area contributed by atoms with Crippen molar-refractivity contribution >= 4 is 35.3 Å². The fourth-order valence-corrected chi connectivity index (χ4v) is 4.90. The van der Waals surface area contributed by atoms with Crippen molar-refractivity contribution in [1.29, 1.82) is 0 Å². The maximum Gasteiger partial charge on any atom is 0.228 e. The van der Waals surface area contributed by atoms with E-state index in [1.165, 1.54) is 0 Å². The van der Waals surface area contributed by atoms with Gasteiger partial charge in [0, 0.05) is 36.6 Å². The summed E-state index contributed by atoms with van der Waals surface area (Å²) in [5.74, 6) is 2.41. The van der Waals surface area contributed by atoms with Crippen molar-refractivity contribution in [3.63, 3.8) is 0 Å². The van der Waals surface area contributed by atoms with Gasteiger partial charge in [-0.3, -0.25) is 9.59 Å². The van der Waals surface area contributed by atoms with E-state index in [-0.39, 0.29) is 5.91 Å². The van der Waals surface area contributed by atoms with Crippen molar-refractivity contribution in [2.24, 2.45) is 0 Å². The lowest BCUT2D eigenvalue weighted by Gasteiger charge is -2.28. The largest absolute Gasteiger partial charge is 0.491 e. The summed E-state index contributed by atoms with van der Waals surface area (Å²) in [6, 6.07) is 17.3. The summed E-state index contributed by atoms with van der Waals surface area (Å²) in [6.07, 6.45) is 1.02. The summed E-state index contributed by atoms with van der Waals surface area (Å²) >= 11 is 0. The van der Waals surface area contributed by atoms with E-state index in [0.29, 0.717) is 90.3 Å². The highest BCUT2D eigenvalue weighted by Crippen LogP contribution is 2.33. The molecule has 5 rings (SSSR count). The van der Waals surface area contributed by atoms with Gasteiger partial charge in [-0.1, -0.05) is 6.07 Å². The number of carbonyl (C=O) groups excluding carboxylic acids is 2. The molecule has 12 nitrogen and oxygen atoms in total. The molecule has 0 unspecified atom stereocenters. The maximum absolute atomic E-state index is 11.8. The zero-order chi connectivity index (χ0) is 30.4. The van der Waals surface area contributed by atoms with Crippen LogP contribution in [0.3, 0.4) is 0 Å². The molecule has 0 radical (unpaired) electrons. The van der Waals surface area contributed by atoms with Gasteiger partial charge in [-0.2, -0.15) is 0 Å². The van der Waals surface area contributed by atoms with E-state index >= 15 is 0 Å². The Bertz CT molecular complexity index is 1370. The van der Waals surface area contributed by atoms with Gasteiger partial charge in [0.25, 0.3) is 0 Å². The van der Waals surface area contributed by atoms with E-state index in [9.17, 15) is 9.59 Å². The van der Waals surface area contributed by atoms with Crippen molar-refractivity contribution in [3.05, 3.63) is 60.2 Å². The number of anilines is 4. The van der Waals surface area contributed by atoms with Gasteiger partial charge < -0.3 is 44.5 Å². The van der Waals surface area contributed by atoms with Crippen LogP contribution >= 0.6 is 0 Å². The number of rotatable bonds is 18. The molecule has 0 atom stereocenters. The summed E-state index contributed by atoms with van der Waals surface area (Å²) in [4.78, 5) is 29.5. The second kappa shape index (κ2) is 16.6. The molecule has 234 valence electrons. The summed E-state index contributed by atoms with van der Waals surface area (Å²) in [7, 11) is 0. The summed E-state index contributed by atoms with van der Waals surface area (Å²) in [6.45, 7) is 6.80. The highest BCUT2D eigenvalue weighted by atomic mass is 16.6. The molecular formula is C32H39N5O7. The number of morpholine rings is 1. The van der Waals surface area contributed by atoms with Crippen LogP contribution in [0.5, 0.6) is 5.75 Å². The first-order valence-electron chi connectivity index (χ1n) is 14.9. The highest BCUT2D eigenvalue weighted by molar-refractivity contribution is 6.00. The number of fused-ring (bicyclic) bond motifs is 1. The van der Waals surface area contributed by atoms with E-state index in [1.54, 1.807) is 24.3 Å². The molecule has 2 aliphatic heterocycles. The van der Waals surface area contributed by atoms with Crippen LogP contribution in [0.25, 0.3) is 11.1 Å². The van der Waals surface area contributed by atoms with E-state index in [1.807, 2.05) is 18.2 Å². The third kappa shape index (κ3) is 9.13. The lowest BCUT2D eigenvalue weighted by atomic mass is 10.0. The van der Waals surface area contributed by atoms with Crippen LogP contribution in [-0.2, 0) is 35.0 Å². The summed E-state index contributed by atoms with van der Waals surface area (Å²) in [5, 5.41) is 8.93. The van der Waals surface area contributed by atoms with Gasteiger partial charge in [0.2, 0.25) is 12.3 Å². The minimum atomic E-state index is 0.0177. The third-order valence-electron chi connectivity index (χ3n) is 7.12. The van der Waals surface area contributed by atoms with Crippen molar-refractivity contribution < 1.29 is 33.3 Å². The number of ether oxygens (including phenoxy) is 5. The van der Waals surface area contributed by atoms with E-state index in [2.05, 4.69) is 33.0 Å². The SMILES string of the molecule is O=CNc1ccc(OCCOCCOCCOCCNc2nc(N3CCOCC3)ccc2-c2ccc3c(c2)CC(=O)N3)cc1. The molecule has 3 aromatic rings. The Morgan fingerprint density at radius 3 is 2.36 bits per heavy atom. The molecule has 2 aliphatic rings. The zero-order valence-corrected chi connectivity index (χ0v) is 24.7. The van der Waals surface area contributed by atoms with Crippen LogP contribution in [0.4, 0.5) is 23.0 Å². The van der Waals surface area contributed by atoms with Gasteiger partial charge in [0.05, 0.1) is 59.3 Å². The predicted octanol–water partition coefficient (Wildman–Crippen LogP) is 3.19. The highest BCUT2D eigenvalue weighted by Gasteiger charge is 2.20. The first kappa shape index (κ1) is 31.2. The third-order valence-corrected chi connectivity index (χ3v) is 7.12. The van der Waals surface area contributed by atoms with Crippen LogP contribution in [0, 0.1) is 0 Å². The average molecular weight is 606 g/mol. The molecule has 3 N–H and O–H groups in total. The number of hydrogen-bond donors (Lipinski definition) is 3. The topological polar surface area (TPSA) is 133 Å². The molecule has 0 aliphatic carbocycles. The minimum Gasteiger partial charge on any atom is -0.491 e. The quantitative estimate of drug-likeness (QED) is 0.147.